The summed E-state index contributed by atoms with van der Waals surface area (Å²) in [7, 11) is 0. The Morgan fingerprint density at radius 2 is 0.280 bits per heavy atom. The molecule has 48 heteroatoms. The number of rotatable bonds is 54. The molecule has 0 aromatic rings. The second-order valence-corrected chi connectivity index (χ2v) is 35.9. The molecule has 30 atom stereocenters. The van der Waals surface area contributed by atoms with Crippen molar-refractivity contribution in [3.05, 3.63) is 152 Å². The first-order valence-electron chi connectivity index (χ1n) is 41.2. The van der Waals surface area contributed by atoms with Crippen LogP contribution in [-0.2, 0) is 114 Å². The fourth-order valence-corrected chi connectivity index (χ4v) is 19.8. The van der Waals surface area contributed by atoms with Gasteiger partial charge in [-0.15, -0.1) is 150 Å². The van der Waals surface area contributed by atoms with Gasteiger partial charge < -0.3 is 114 Å². The summed E-state index contributed by atoms with van der Waals surface area (Å²) in [5.74, 6) is -14.2. The van der Waals surface area contributed by atoms with Gasteiger partial charge in [0.15, 0.2) is 37.7 Å². The number of hydrogen-bond acceptors (Lipinski definition) is 30. The average molecular weight is 2040 g/mol. The molecule has 0 N–H and O–H groups in total. The highest BCUT2D eigenvalue weighted by atomic mass is 32.2. The van der Waals surface area contributed by atoms with E-state index in [-0.39, 0.29) is 70.6 Å². The Hall–Kier alpha value is -3.24. The minimum absolute atomic E-state index is 0.227. The minimum Gasteiger partial charge on any atom is -0.368 e. The van der Waals surface area contributed by atoms with Crippen molar-refractivity contribution in [1.82, 2.24) is 0 Å². The lowest BCUT2D eigenvalue weighted by atomic mass is 9.94. The molecule has 0 aromatic heterocycles. The lowest BCUT2D eigenvalue weighted by Gasteiger charge is -2.54. The highest BCUT2D eigenvalue weighted by Gasteiger charge is 2.63. The van der Waals surface area contributed by atoms with Crippen molar-refractivity contribution < 1.29 is 193 Å². The first-order valence-corrected chi connectivity index (χ1v) is 48.1. The molecule has 756 valence electrons. The van der Waals surface area contributed by atoms with E-state index in [1.807, 2.05) is 0 Å². The number of alkyl halides is 18. The van der Waals surface area contributed by atoms with Crippen LogP contribution in [0.3, 0.4) is 0 Å². The zero-order valence-corrected chi connectivity index (χ0v) is 76.7. The third-order valence-electron chi connectivity index (χ3n) is 19.5. The standard InChI is InChI=1S/C84H114F18O24S6/c1-13-25-103-61-55-49(37-127-43-79(85,86)87)115-73(67(61)109-31-19-7)122-56-50(38-128-44-80(88,89)90)117-75(69(111-33-21-9)62(56)104-26-14-2)124-58-52(40-130-46-82(94,95)96)119-77(71(113-35-23-11)64(58)106-28-16-4)126-60-54(42-132-48-84(100,101)102)120-78(72(114-36-24-12)66(60)108-30-18-6)125-59-53(41-131-47-83(97,98)99)118-76(70(112-34-22-10)65(59)107-29-17-5)123-57-51(39-129-45-81(91,92)93)116-74(121-55)68(110-32-20-8)63(57)105-27-15-3/h13-24,49-78H,1-12,25-48H2/t49-,50-,51-,52-,53-,54-,55-,56-,57-,58-,59-,60-,61+,62+,63+,64+,65+,66+,67-,68-,69-,70-,71-,72-,73-,74-,75-,76-,77-,78-/m1/s1. The monoisotopic (exact) mass is 2040 g/mol. The van der Waals surface area contributed by atoms with Crippen LogP contribution >= 0.6 is 70.6 Å². The quantitative estimate of drug-likeness (QED) is 0.0408. The van der Waals surface area contributed by atoms with Crippen molar-refractivity contribution in [2.45, 2.75) is 221 Å². The highest BCUT2D eigenvalue weighted by molar-refractivity contribution is 8.00. The molecule has 132 heavy (non-hydrogen) atoms. The molecule has 22 aliphatic heterocycles. The molecule has 0 saturated carbocycles. The number of thioether (sulfide) groups is 6. The lowest BCUT2D eigenvalue weighted by molar-refractivity contribution is -0.405. The fraction of sp³-hybridized carbons (Fsp3) is 0.714. The lowest BCUT2D eigenvalue weighted by Crippen LogP contribution is -2.70. The van der Waals surface area contributed by atoms with Gasteiger partial charge in [-0.1, -0.05) is 72.9 Å². The van der Waals surface area contributed by atoms with Crippen LogP contribution in [0.25, 0.3) is 0 Å². The van der Waals surface area contributed by atoms with Crippen LogP contribution in [0, 0.1) is 0 Å². The SMILES string of the molecule is C=CCO[C@@H]1[C@@H](OCC=C)[C@H]2O[C@H]3[C@H](OCC=C)[C@@H](OCC=C)[C@@H](O[C@H]4[C@H](OCC=C)[C@@H](OCC=C)[C@@H](O[C@H]5[C@H](OCC=C)[C@@H](OCC=C)[C@@H](O[C@H]6[C@H](OCC=C)[C@@H](OCC=C)[C@@H](O[C@H]7[C@H](OCC=C)[C@@H](OCC=C)[C@@H](O[C@@H]1[C@@H](CSCC(F)(F)F)O2)O[C@@H]7CSCC(F)(F)F)O[C@@H]6CSCC(F)(F)F)O[C@@H]5CSCC(F)(F)F)O[C@@H]4CSCC(F)(F)F)O[C@@H]3CSCC(F)(F)F. The topological polar surface area (TPSA) is 222 Å². The molecule has 0 spiro atoms. The zero-order valence-electron chi connectivity index (χ0n) is 71.8. The molecular formula is C84H114F18O24S6. The Morgan fingerprint density at radius 3 is 0.379 bits per heavy atom. The van der Waals surface area contributed by atoms with E-state index < -0.39 is 370 Å². The van der Waals surface area contributed by atoms with E-state index in [1.165, 1.54) is 72.9 Å². The first-order chi connectivity index (χ1) is 62.8. The van der Waals surface area contributed by atoms with Gasteiger partial charge in [0.1, 0.15) is 110 Å². The molecular weight excluding hydrogens is 1930 g/mol. The summed E-state index contributed by atoms with van der Waals surface area (Å²) in [6.45, 7) is 39.6. The fourth-order valence-electron chi connectivity index (χ4n) is 14.7. The Labute approximate surface area is 780 Å². The Balaban J connectivity index is 1.65. The smallest absolute Gasteiger partial charge is 0.368 e. The van der Waals surface area contributed by atoms with Crippen LogP contribution in [0.2, 0.25) is 0 Å². The van der Waals surface area contributed by atoms with E-state index in [9.17, 15) is 79.0 Å². The molecule has 22 heterocycles. The van der Waals surface area contributed by atoms with Gasteiger partial charge >= 0.3 is 37.1 Å². The number of hydrogen-bond donors (Lipinski definition) is 0. The maximum Gasteiger partial charge on any atom is 0.397 e. The Morgan fingerprint density at radius 1 is 0.174 bits per heavy atom. The van der Waals surface area contributed by atoms with Crippen LogP contribution in [0.1, 0.15) is 0 Å². The van der Waals surface area contributed by atoms with Crippen molar-refractivity contribution in [2.24, 2.45) is 0 Å². The largest absolute Gasteiger partial charge is 0.397 e. The van der Waals surface area contributed by atoms with Gasteiger partial charge in [-0.25, -0.2) is 0 Å². The molecule has 0 aromatic carbocycles. The maximum absolute atomic E-state index is 14.7. The van der Waals surface area contributed by atoms with Crippen molar-refractivity contribution >= 4 is 70.6 Å². The second-order valence-electron chi connectivity index (χ2n) is 29.7. The molecule has 22 saturated heterocycles. The van der Waals surface area contributed by atoms with E-state index in [4.69, 9.17) is 114 Å². The maximum atomic E-state index is 14.7. The Kier molecular flexibility index (Phi) is 50.5. The average Bonchev–Trinajstić information content (AvgIpc) is 0.754. The van der Waals surface area contributed by atoms with Gasteiger partial charge in [-0.05, 0) is 0 Å². The van der Waals surface area contributed by atoms with E-state index in [1.54, 1.807) is 0 Å². The van der Waals surface area contributed by atoms with Crippen LogP contribution in [-0.4, -0.2) is 370 Å². The van der Waals surface area contributed by atoms with Crippen molar-refractivity contribution in [3.63, 3.8) is 0 Å². The molecule has 24 nitrogen and oxygen atoms in total. The van der Waals surface area contributed by atoms with Gasteiger partial charge in [0.05, 0.1) is 150 Å². The summed E-state index contributed by atoms with van der Waals surface area (Å²) >= 11 is 1.36. The molecule has 0 amide bonds. The van der Waals surface area contributed by atoms with Gasteiger partial charge in [0.2, 0.25) is 0 Å². The van der Waals surface area contributed by atoms with Gasteiger partial charge in [-0.3, -0.25) is 0 Å². The van der Waals surface area contributed by atoms with Crippen molar-refractivity contribution in [2.75, 3.05) is 148 Å². The van der Waals surface area contributed by atoms with E-state index in [0.29, 0.717) is 0 Å². The van der Waals surface area contributed by atoms with Crippen LogP contribution < -0.4 is 0 Å². The first kappa shape index (κ1) is 116. The van der Waals surface area contributed by atoms with Gasteiger partial charge in [-0.2, -0.15) is 79.0 Å². The molecule has 22 aliphatic rings. The van der Waals surface area contributed by atoms with Crippen molar-refractivity contribution in [1.29, 1.82) is 0 Å². The molecule has 0 aliphatic carbocycles. The van der Waals surface area contributed by atoms with Crippen molar-refractivity contribution in [3.8, 4) is 0 Å². The molecule has 22 fully saturated rings. The summed E-state index contributed by atoms with van der Waals surface area (Å²) < 4.78 is 427. The molecule has 22 rings (SSSR count). The Bertz CT molecular complexity index is 2900. The van der Waals surface area contributed by atoms with Gasteiger partial charge in [0.25, 0.3) is 0 Å². The third kappa shape index (κ3) is 37.6. The second kappa shape index (κ2) is 57.6. The highest BCUT2D eigenvalue weighted by Crippen LogP contribution is 2.47. The molecule has 0 unspecified atom stereocenters. The summed E-state index contributed by atoms with van der Waals surface area (Å²) in [5.41, 5.74) is 0. The van der Waals surface area contributed by atoms with E-state index in [2.05, 4.69) is 78.9 Å². The number of ether oxygens (including phenoxy) is 24. The third-order valence-corrected chi connectivity index (χ3v) is 26.0. The van der Waals surface area contributed by atoms with Crippen LogP contribution in [0.5, 0.6) is 0 Å². The predicted octanol–water partition coefficient (Wildman–Crippen LogP) is 15.3. The van der Waals surface area contributed by atoms with E-state index >= 15 is 0 Å². The summed E-state index contributed by atoms with van der Waals surface area (Å²) in [5, 5.41) is 0. The van der Waals surface area contributed by atoms with Gasteiger partial charge in [0, 0.05) is 34.5 Å². The van der Waals surface area contributed by atoms with E-state index in [0.717, 1.165) is 0 Å². The predicted molar refractivity (Wildman–Crippen MR) is 461 cm³/mol. The number of halogens is 18. The summed E-state index contributed by atoms with van der Waals surface area (Å²) in [4.78, 5) is 0. The summed E-state index contributed by atoms with van der Waals surface area (Å²) in [6, 6.07) is 0. The van der Waals surface area contributed by atoms with Crippen LogP contribution in [0.4, 0.5) is 79.0 Å². The molecule has 12 bridgehead atoms. The van der Waals surface area contributed by atoms with Crippen LogP contribution in [0.15, 0.2) is 152 Å². The normalized spacial score (nSPS) is 34.0. The zero-order chi connectivity index (χ0) is 97.0. The minimum atomic E-state index is -4.91. The summed E-state index contributed by atoms with van der Waals surface area (Å²) in [6.07, 6.45) is -71.0. The molecule has 0 radical (unpaired) electrons.